The van der Waals surface area contributed by atoms with Gasteiger partial charge in [-0.2, -0.15) is 4.31 Å². The Bertz CT molecular complexity index is 972. The minimum absolute atomic E-state index is 0.0920. The molecule has 0 saturated carbocycles. The molecule has 0 bridgehead atoms. The number of rotatable bonds is 9. The summed E-state index contributed by atoms with van der Waals surface area (Å²) < 4.78 is 40.6. The van der Waals surface area contributed by atoms with Crippen molar-refractivity contribution in [2.24, 2.45) is 0 Å². The van der Waals surface area contributed by atoms with Crippen molar-refractivity contribution < 1.29 is 22.8 Å². The lowest BCUT2D eigenvalue weighted by atomic mass is 10.1. The van der Waals surface area contributed by atoms with Gasteiger partial charge in [-0.15, -0.1) is 0 Å². The fourth-order valence-corrected chi connectivity index (χ4v) is 5.14. The molecule has 0 aromatic carbocycles. The number of carbonyl (C=O) groups excluding carboxylic acids is 1. The van der Waals surface area contributed by atoms with E-state index in [1.807, 2.05) is 4.90 Å². The third-order valence-corrected chi connectivity index (χ3v) is 7.11. The first kappa shape index (κ1) is 23.3. The molecule has 10 nitrogen and oxygen atoms in total. The van der Waals surface area contributed by atoms with Gasteiger partial charge in [0.1, 0.15) is 11.6 Å². The van der Waals surface area contributed by atoms with Gasteiger partial charge in [0, 0.05) is 44.8 Å². The highest BCUT2D eigenvalue weighted by Gasteiger charge is 2.31. The molecule has 31 heavy (non-hydrogen) atoms. The quantitative estimate of drug-likeness (QED) is 0.328. The van der Waals surface area contributed by atoms with Gasteiger partial charge in [-0.1, -0.05) is 11.6 Å². The van der Waals surface area contributed by atoms with E-state index in [0.717, 1.165) is 18.2 Å². The van der Waals surface area contributed by atoms with Crippen LogP contribution < -0.4 is 4.90 Å². The van der Waals surface area contributed by atoms with Crippen molar-refractivity contribution in [1.82, 2.24) is 24.3 Å². The lowest BCUT2D eigenvalue weighted by Crippen LogP contribution is -2.50. The summed E-state index contributed by atoms with van der Waals surface area (Å²) in [5, 5.41) is 10.3. The second-order valence-corrected chi connectivity index (χ2v) is 9.46. The van der Waals surface area contributed by atoms with Gasteiger partial charge in [0.15, 0.2) is 5.82 Å². The largest absolute Gasteiger partial charge is 0.354 e. The molecule has 1 unspecified atom stereocenters. The molecule has 1 fully saturated rings. The fraction of sp³-hybridized carbons (Fsp3) is 0.444. The van der Waals surface area contributed by atoms with Crippen LogP contribution in [-0.4, -0.2) is 82.8 Å². The third kappa shape index (κ3) is 6.29. The molecule has 168 valence electrons. The first-order chi connectivity index (χ1) is 14.8. The minimum atomic E-state index is -3.70. The maximum Gasteiger partial charge on any atom is 0.233 e. The summed E-state index contributed by atoms with van der Waals surface area (Å²) in [6.07, 6.45) is 3.76. The highest BCUT2D eigenvalue weighted by Crippen LogP contribution is 2.23. The van der Waals surface area contributed by atoms with Gasteiger partial charge in [0.2, 0.25) is 16.4 Å². The molecule has 0 radical (unpaired) electrons. The number of nitrogens with zero attached hydrogens (tertiary/aromatic N) is 6. The molecule has 13 heteroatoms. The summed E-state index contributed by atoms with van der Waals surface area (Å²) in [5.41, 5.74) is 0. The van der Waals surface area contributed by atoms with Crippen LogP contribution in [0.25, 0.3) is 0 Å². The van der Waals surface area contributed by atoms with Gasteiger partial charge < -0.3 is 4.90 Å². The molecule has 1 aliphatic rings. The van der Waals surface area contributed by atoms with Crippen LogP contribution >= 0.6 is 11.6 Å². The summed E-state index contributed by atoms with van der Waals surface area (Å²) in [6.45, 7) is 1.34. The van der Waals surface area contributed by atoms with Crippen molar-refractivity contribution in [3.8, 4) is 0 Å². The molecule has 1 amide bonds. The molecule has 3 rings (SSSR count). The van der Waals surface area contributed by atoms with Crippen LogP contribution in [0.15, 0.2) is 30.7 Å². The highest BCUT2D eigenvalue weighted by atomic mass is 35.5. The van der Waals surface area contributed by atoms with E-state index in [1.165, 1.54) is 10.5 Å². The Kier molecular flexibility index (Phi) is 7.70. The van der Waals surface area contributed by atoms with Crippen LogP contribution in [0.1, 0.15) is 18.2 Å². The van der Waals surface area contributed by atoms with Crippen LogP contribution in [-0.2, 0) is 14.8 Å². The molecular formula is C18H22ClFN6O4S. The zero-order valence-electron chi connectivity index (χ0n) is 16.5. The lowest BCUT2D eigenvalue weighted by Gasteiger charge is -2.35. The topological polar surface area (TPSA) is 120 Å². The number of hydrogen-bond donors (Lipinski definition) is 1. The number of sulfonamides is 1. The van der Waals surface area contributed by atoms with Gasteiger partial charge in [0.25, 0.3) is 0 Å². The van der Waals surface area contributed by atoms with Crippen molar-refractivity contribution in [3.05, 3.63) is 47.4 Å². The fourth-order valence-electron chi connectivity index (χ4n) is 3.27. The van der Waals surface area contributed by atoms with Crippen LogP contribution in [0.3, 0.4) is 0 Å². The summed E-state index contributed by atoms with van der Waals surface area (Å²) in [4.78, 5) is 24.6. The Morgan fingerprint density at radius 3 is 2.42 bits per heavy atom. The molecule has 1 saturated heterocycles. The molecule has 2 aromatic rings. The second-order valence-electron chi connectivity index (χ2n) is 7.01. The minimum Gasteiger partial charge on any atom is -0.354 e. The van der Waals surface area contributed by atoms with Crippen molar-refractivity contribution in [3.63, 3.8) is 0 Å². The van der Waals surface area contributed by atoms with Gasteiger partial charge in [-0.3, -0.25) is 10.0 Å². The highest BCUT2D eigenvalue weighted by molar-refractivity contribution is 7.89. The third-order valence-electron chi connectivity index (χ3n) is 4.91. The van der Waals surface area contributed by atoms with Crippen LogP contribution in [0, 0.1) is 5.82 Å². The monoisotopic (exact) mass is 472 g/mol. The average Bonchev–Trinajstić information content (AvgIpc) is 2.77. The van der Waals surface area contributed by atoms with Crippen molar-refractivity contribution in [2.45, 2.75) is 12.3 Å². The van der Waals surface area contributed by atoms with Gasteiger partial charge in [-0.25, -0.2) is 32.8 Å². The van der Waals surface area contributed by atoms with E-state index in [0.29, 0.717) is 23.2 Å². The van der Waals surface area contributed by atoms with E-state index in [2.05, 4.69) is 15.0 Å². The number of amides is 1. The van der Waals surface area contributed by atoms with E-state index >= 15 is 0 Å². The number of piperazine rings is 1. The standard InChI is InChI=1S/C18H22ClFN6O4S/c19-15-1-2-17(21-9-15)24-5-7-26(8-6-24)31(29,30)12-14(3-4-25(28)13-27)18-22-10-16(20)11-23-18/h1-2,9-11,13-14,28H,3-8,12H2. The smallest absolute Gasteiger partial charge is 0.233 e. The Balaban J connectivity index is 1.67. The lowest BCUT2D eigenvalue weighted by molar-refractivity contribution is -0.149. The molecular weight excluding hydrogens is 451 g/mol. The summed E-state index contributed by atoms with van der Waals surface area (Å²) >= 11 is 5.86. The molecule has 0 aliphatic carbocycles. The van der Waals surface area contributed by atoms with E-state index in [1.54, 1.807) is 12.1 Å². The second kappa shape index (κ2) is 10.3. The number of pyridine rings is 1. The Labute approximate surface area is 184 Å². The van der Waals surface area contributed by atoms with Crippen LogP contribution in [0.2, 0.25) is 5.02 Å². The Morgan fingerprint density at radius 1 is 1.16 bits per heavy atom. The van der Waals surface area contributed by atoms with Gasteiger partial charge in [0.05, 0.1) is 23.2 Å². The number of hydrogen-bond acceptors (Lipinski definition) is 8. The molecule has 0 spiro atoms. The maximum absolute atomic E-state index is 13.2. The van der Waals surface area contributed by atoms with Gasteiger partial charge in [-0.05, 0) is 18.6 Å². The van der Waals surface area contributed by atoms with E-state index < -0.39 is 21.8 Å². The molecule has 1 N–H and O–H groups in total. The van der Waals surface area contributed by atoms with Crippen LogP contribution in [0.5, 0.6) is 0 Å². The predicted molar refractivity (Wildman–Crippen MR) is 111 cm³/mol. The summed E-state index contributed by atoms with van der Waals surface area (Å²) in [6, 6.07) is 3.51. The van der Waals surface area contributed by atoms with Crippen LogP contribution in [0.4, 0.5) is 10.2 Å². The normalized spacial score (nSPS) is 16.2. The zero-order valence-corrected chi connectivity index (χ0v) is 18.1. The van der Waals surface area contributed by atoms with E-state index in [4.69, 9.17) is 11.6 Å². The number of carbonyl (C=O) groups is 1. The van der Waals surface area contributed by atoms with Crippen molar-refractivity contribution in [1.29, 1.82) is 0 Å². The SMILES string of the molecule is O=CN(O)CCC(CS(=O)(=O)N1CCN(c2ccc(Cl)cn2)CC1)c1ncc(F)cn1. The Hall–Kier alpha value is -2.41. The maximum atomic E-state index is 13.2. The zero-order chi connectivity index (χ0) is 22.4. The number of anilines is 1. The number of aromatic nitrogens is 3. The molecule has 1 aliphatic heterocycles. The van der Waals surface area contributed by atoms with E-state index in [-0.39, 0.29) is 44.0 Å². The molecule has 3 heterocycles. The first-order valence-electron chi connectivity index (χ1n) is 9.51. The van der Waals surface area contributed by atoms with Crippen molar-refractivity contribution in [2.75, 3.05) is 43.4 Å². The number of halogens is 2. The van der Waals surface area contributed by atoms with Crippen molar-refractivity contribution >= 4 is 33.9 Å². The predicted octanol–water partition coefficient (Wildman–Crippen LogP) is 1.14. The molecule has 1 atom stereocenters. The summed E-state index contributed by atoms with van der Waals surface area (Å²) in [7, 11) is -3.70. The molecule has 2 aromatic heterocycles. The summed E-state index contributed by atoms with van der Waals surface area (Å²) in [5.74, 6) is -0.848. The van der Waals surface area contributed by atoms with E-state index in [9.17, 15) is 22.8 Å². The number of hydroxylamine groups is 2. The first-order valence-corrected chi connectivity index (χ1v) is 11.5. The average molecular weight is 473 g/mol. The van der Waals surface area contributed by atoms with Gasteiger partial charge >= 0.3 is 0 Å². The Morgan fingerprint density at radius 2 is 1.84 bits per heavy atom.